The van der Waals surface area contributed by atoms with Gasteiger partial charge in [-0.2, -0.15) is 0 Å². The SMILES string of the molecule is CN1CCc2cc(NC(=O)c3ccc(S(=O)(=O)NCCO)cc3N3CCC4(CC3)CC4)cc(N3CCC(F)CC3)c21. The molecule has 3 N–H and O–H groups in total. The van der Waals surface area contributed by atoms with Crippen LogP contribution in [0, 0.1) is 5.41 Å². The molecular weight excluding hydrogens is 545 g/mol. The van der Waals surface area contributed by atoms with Crippen molar-refractivity contribution in [3.05, 3.63) is 41.5 Å². The van der Waals surface area contributed by atoms with E-state index in [0.717, 1.165) is 55.8 Å². The van der Waals surface area contributed by atoms with Gasteiger partial charge in [-0.25, -0.2) is 17.5 Å². The second-order valence-corrected chi connectivity index (χ2v) is 13.8. The molecule has 3 heterocycles. The maximum atomic E-state index is 13.9. The van der Waals surface area contributed by atoms with E-state index >= 15 is 0 Å². The van der Waals surface area contributed by atoms with Crippen molar-refractivity contribution in [1.29, 1.82) is 0 Å². The third-order valence-electron chi connectivity index (χ3n) is 9.34. The lowest BCUT2D eigenvalue weighted by Crippen LogP contribution is -2.36. The van der Waals surface area contributed by atoms with Gasteiger partial charge >= 0.3 is 0 Å². The van der Waals surface area contributed by atoms with Crippen molar-refractivity contribution in [3.63, 3.8) is 0 Å². The molecular formula is C30H40FN5O4S. The predicted octanol–water partition coefficient (Wildman–Crippen LogP) is 3.52. The summed E-state index contributed by atoms with van der Waals surface area (Å²) in [5.41, 5.74) is 5.47. The molecule has 3 fully saturated rings. The number of fused-ring (bicyclic) bond motifs is 1. The van der Waals surface area contributed by atoms with Crippen LogP contribution in [0.2, 0.25) is 0 Å². The molecule has 4 aliphatic rings. The number of carbonyl (C=O) groups excluding carboxylic acids is 1. The van der Waals surface area contributed by atoms with Crippen molar-refractivity contribution in [1.82, 2.24) is 4.72 Å². The number of hydrogen-bond acceptors (Lipinski definition) is 7. The molecule has 0 unspecified atom stereocenters. The minimum absolute atomic E-state index is 0.0725. The fraction of sp³-hybridized carbons (Fsp3) is 0.567. The fourth-order valence-electron chi connectivity index (χ4n) is 6.60. The summed E-state index contributed by atoms with van der Waals surface area (Å²) in [7, 11) is -1.77. The summed E-state index contributed by atoms with van der Waals surface area (Å²) < 4.78 is 42.1. The van der Waals surface area contributed by atoms with Crippen LogP contribution in [0.4, 0.5) is 27.1 Å². The molecule has 0 bridgehead atoms. The molecule has 0 radical (unpaired) electrons. The first-order valence-corrected chi connectivity index (χ1v) is 16.2. The lowest BCUT2D eigenvalue weighted by atomic mass is 9.93. The van der Waals surface area contributed by atoms with E-state index in [9.17, 15) is 17.6 Å². The second kappa shape index (κ2) is 11.1. The number of aliphatic hydroxyl groups excluding tert-OH is 1. The molecule has 1 saturated carbocycles. The molecule has 11 heteroatoms. The molecule has 2 aromatic carbocycles. The highest BCUT2D eigenvalue weighted by atomic mass is 32.2. The highest BCUT2D eigenvalue weighted by Gasteiger charge is 2.44. The quantitative estimate of drug-likeness (QED) is 0.436. The van der Waals surface area contributed by atoms with E-state index in [0.29, 0.717) is 48.3 Å². The summed E-state index contributed by atoms with van der Waals surface area (Å²) in [6.45, 7) is 3.33. The first-order valence-electron chi connectivity index (χ1n) is 14.8. The number of likely N-dealkylation sites (N-methyl/N-ethyl adjacent to an activating group) is 1. The van der Waals surface area contributed by atoms with E-state index < -0.39 is 16.2 Å². The summed E-state index contributed by atoms with van der Waals surface area (Å²) in [6, 6.07) is 8.65. The topological polar surface area (TPSA) is 105 Å². The molecule has 6 rings (SSSR count). The number of amides is 1. The van der Waals surface area contributed by atoms with Crippen LogP contribution >= 0.6 is 0 Å². The summed E-state index contributed by atoms with van der Waals surface area (Å²) in [5, 5.41) is 12.2. The molecule has 2 aromatic rings. The number of hydrogen-bond donors (Lipinski definition) is 3. The lowest BCUT2D eigenvalue weighted by molar-refractivity contribution is 0.102. The fourth-order valence-corrected chi connectivity index (χ4v) is 7.64. The third kappa shape index (κ3) is 5.76. The highest BCUT2D eigenvalue weighted by molar-refractivity contribution is 7.89. The Morgan fingerprint density at radius 2 is 1.71 bits per heavy atom. The Balaban J connectivity index is 1.31. The number of anilines is 4. The maximum absolute atomic E-state index is 13.9. The highest BCUT2D eigenvalue weighted by Crippen LogP contribution is 2.54. The van der Waals surface area contributed by atoms with Crippen LogP contribution in [0.1, 0.15) is 54.4 Å². The van der Waals surface area contributed by atoms with Gasteiger partial charge in [-0.1, -0.05) is 0 Å². The van der Waals surface area contributed by atoms with Crippen molar-refractivity contribution >= 4 is 38.7 Å². The van der Waals surface area contributed by atoms with Crippen molar-refractivity contribution in [2.45, 2.75) is 56.0 Å². The predicted molar refractivity (Wildman–Crippen MR) is 160 cm³/mol. The molecule has 3 aliphatic heterocycles. The van der Waals surface area contributed by atoms with Crippen LogP contribution in [0.15, 0.2) is 35.2 Å². The van der Waals surface area contributed by atoms with E-state index in [4.69, 9.17) is 5.11 Å². The molecule has 0 aromatic heterocycles. The van der Waals surface area contributed by atoms with Gasteiger partial charge in [0.2, 0.25) is 10.0 Å². The van der Waals surface area contributed by atoms with Crippen LogP contribution in [-0.2, 0) is 16.4 Å². The Bertz CT molecular complexity index is 1410. The Morgan fingerprint density at radius 1 is 1.00 bits per heavy atom. The van der Waals surface area contributed by atoms with Gasteiger partial charge in [-0.05, 0) is 86.3 Å². The zero-order valence-electron chi connectivity index (χ0n) is 23.7. The molecule has 222 valence electrons. The van der Waals surface area contributed by atoms with Crippen LogP contribution in [0.5, 0.6) is 0 Å². The summed E-state index contributed by atoms with van der Waals surface area (Å²) in [6.07, 6.45) is 5.65. The molecule has 41 heavy (non-hydrogen) atoms. The molecule has 2 saturated heterocycles. The van der Waals surface area contributed by atoms with Gasteiger partial charge in [-0.15, -0.1) is 0 Å². The monoisotopic (exact) mass is 585 g/mol. The van der Waals surface area contributed by atoms with Crippen LogP contribution < -0.4 is 24.7 Å². The van der Waals surface area contributed by atoms with E-state index in [2.05, 4.69) is 31.8 Å². The number of alkyl halides is 1. The smallest absolute Gasteiger partial charge is 0.257 e. The lowest BCUT2D eigenvalue weighted by Gasteiger charge is -2.35. The largest absolute Gasteiger partial charge is 0.395 e. The number of nitrogens with zero attached hydrogens (tertiary/aromatic N) is 3. The van der Waals surface area contributed by atoms with Crippen LogP contribution in [-0.4, -0.2) is 78.5 Å². The number of carbonyl (C=O) groups is 1. The van der Waals surface area contributed by atoms with Crippen molar-refractivity contribution in [2.75, 3.05) is 72.9 Å². The van der Waals surface area contributed by atoms with Crippen molar-refractivity contribution in [3.8, 4) is 0 Å². The van der Waals surface area contributed by atoms with Gasteiger partial charge in [0.15, 0.2) is 0 Å². The van der Waals surface area contributed by atoms with Gasteiger partial charge in [0.1, 0.15) is 6.17 Å². The van der Waals surface area contributed by atoms with Crippen molar-refractivity contribution < 1.29 is 22.7 Å². The standard InChI is InChI=1S/C30H40FN5O4S/c1-34-12-4-21-18-23(19-27(28(21)34)35-13-5-22(31)6-14-35)33-29(38)25-3-2-24(41(39,40)32-11-17-37)20-26(25)36-15-9-30(7-8-30)10-16-36/h2-3,18-20,22,32,37H,4-17H2,1H3,(H,33,38). The number of sulfonamides is 1. The average molecular weight is 586 g/mol. The average Bonchev–Trinajstić information content (AvgIpc) is 3.62. The minimum atomic E-state index is -3.83. The number of rotatable bonds is 8. The van der Waals surface area contributed by atoms with Gasteiger partial charge in [-0.3, -0.25) is 4.79 Å². The molecule has 1 amide bonds. The Hall–Kier alpha value is -2.89. The molecule has 1 spiro atoms. The van der Waals surface area contributed by atoms with Gasteiger partial charge in [0, 0.05) is 52.0 Å². The van der Waals surface area contributed by atoms with Gasteiger partial charge in [0.25, 0.3) is 5.91 Å². The minimum Gasteiger partial charge on any atom is -0.395 e. The normalized spacial score (nSPS) is 20.4. The number of nitrogens with one attached hydrogen (secondary N) is 2. The summed E-state index contributed by atoms with van der Waals surface area (Å²) >= 11 is 0. The van der Waals surface area contributed by atoms with Crippen LogP contribution in [0.3, 0.4) is 0 Å². The molecule has 1 aliphatic carbocycles. The zero-order chi connectivity index (χ0) is 28.8. The Morgan fingerprint density at radius 3 is 2.39 bits per heavy atom. The van der Waals surface area contributed by atoms with Gasteiger partial charge in [0.05, 0.1) is 34.1 Å². The number of halogens is 1. The Kier molecular flexibility index (Phi) is 7.63. The van der Waals surface area contributed by atoms with E-state index in [1.165, 1.54) is 18.9 Å². The number of aliphatic hydroxyl groups is 1. The number of benzene rings is 2. The summed E-state index contributed by atoms with van der Waals surface area (Å²) in [4.78, 5) is 20.5. The van der Waals surface area contributed by atoms with Crippen LogP contribution in [0.25, 0.3) is 0 Å². The van der Waals surface area contributed by atoms with Crippen molar-refractivity contribution in [2.24, 2.45) is 5.41 Å². The summed E-state index contributed by atoms with van der Waals surface area (Å²) in [5.74, 6) is -0.293. The van der Waals surface area contributed by atoms with E-state index in [1.54, 1.807) is 12.1 Å². The third-order valence-corrected chi connectivity index (χ3v) is 10.8. The Labute approximate surface area is 241 Å². The van der Waals surface area contributed by atoms with E-state index in [-0.39, 0.29) is 24.0 Å². The molecule has 0 atom stereocenters. The zero-order valence-corrected chi connectivity index (χ0v) is 24.5. The first-order chi connectivity index (χ1) is 19.7. The second-order valence-electron chi connectivity index (χ2n) is 12.1. The van der Waals surface area contributed by atoms with E-state index in [1.807, 2.05) is 12.1 Å². The maximum Gasteiger partial charge on any atom is 0.257 e. The first kappa shape index (κ1) is 28.2. The molecule has 9 nitrogen and oxygen atoms in total. The number of piperidine rings is 2. The van der Waals surface area contributed by atoms with Gasteiger partial charge < -0.3 is 25.1 Å².